The Balaban J connectivity index is 2.40. The Morgan fingerprint density at radius 3 is 2.24 bits per heavy atom. The summed E-state index contributed by atoms with van der Waals surface area (Å²) in [5.41, 5.74) is 4.12. The second-order valence-corrected chi connectivity index (χ2v) is 8.17. The molecule has 1 nitrogen and oxygen atoms in total. The highest BCUT2D eigenvalue weighted by Crippen LogP contribution is 2.45. The second kappa shape index (κ2) is 5.59. The fraction of sp³-hybridized carbons (Fsp3) is 0.650. The highest BCUT2D eigenvalue weighted by molar-refractivity contribution is 5.96. The summed E-state index contributed by atoms with van der Waals surface area (Å²) in [7, 11) is 0. The van der Waals surface area contributed by atoms with Gasteiger partial charge in [-0.1, -0.05) is 60.1 Å². The highest BCUT2D eigenvalue weighted by atomic mass is 16.1. The molecule has 1 atom stereocenters. The number of ketones is 1. The number of benzene rings is 1. The van der Waals surface area contributed by atoms with Gasteiger partial charge in [-0.3, -0.25) is 4.79 Å². The number of fused-ring (bicyclic) bond motifs is 1. The van der Waals surface area contributed by atoms with Crippen LogP contribution in [-0.4, -0.2) is 5.78 Å². The first-order valence-corrected chi connectivity index (χ1v) is 8.35. The third kappa shape index (κ3) is 3.22. The van der Waals surface area contributed by atoms with Crippen LogP contribution < -0.4 is 0 Å². The van der Waals surface area contributed by atoms with Crippen molar-refractivity contribution in [3.8, 4) is 0 Å². The SMILES string of the molecule is CCC(C)CC(=O)c1ccc2c(c1)C(C)(C)CCC2(C)C. The fourth-order valence-corrected chi connectivity index (χ4v) is 3.34. The van der Waals surface area contributed by atoms with Gasteiger partial charge in [0.15, 0.2) is 5.78 Å². The monoisotopic (exact) mass is 286 g/mol. The van der Waals surface area contributed by atoms with Crippen molar-refractivity contribution in [1.29, 1.82) is 0 Å². The van der Waals surface area contributed by atoms with E-state index in [2.05, 4.69) is 53.7 Å². The Morgan fingerprint density at radius 1 is 1.10 bits per heavy atom. The average molecular weight is 286 g/mol. The fourth-order valence-electron chi connectivity index (χ4n) is 3.34. The quantitative estimate of drug-likeness (QED) is 0.653. The molecule has 0 fully saturated rings. The number of rotatable bonds is 4. The minimum atomic E-state index is 0.178. The third-order valence-corrected chi connectivity index (χ3v) is 5.41. The summed E-state index contributed by atoms with van der Waals surface area (Å²) in [6.45, 7) is 13.6. The van der Waals surface area contributed by atoms with Crippen LogP contribution in [0.5, 0.6) is 0 Å². The molecule has 0 bridgehead atoms. The molecule has 2 rings (SSSR count). The molecular weight excluding hydrogens is 256 g/mol. The van der Waals surface area contributed by atoms with Crippen LogP contribution in [0.25, 0.3) is 0 Å². The van der Waals surface area contributed by atoms with Crippen LogP contribution in [0.2, 0.25) is 0 Å². The first-order valence-electron chi connectivity index (χ1n) is 8.35. The first kappa shape index (κ1) is 16.3. The molecule has 0 heterocycles. The Labute approximate surface area is 130 Å². The van der Waals surface area contributed by atoms with Crippen molar-refractivity contribution in [2.75, 3.05) is 0 Å². The molecule has 116 valence electrons. The lowest BCUT2D eigenvalue weighted by Crippen LogP contribution is -2.34. The zero-order valence-corrected chi connectivity index (χ0v) is 14.5. The van der Waals surface area contributed by atoms with Gasteiger partial charge < -0.3 is 0 Å². The van der Waals surface area contributed by atoms with Crippen molar-refractivity contribution in [2.45, 2.75) is 78.1 Å². The van der Waals surface area contributed by atoms with Gasteiger partial charge in [-0.05, 0) is 46.8 Å². The number of hydrogen-bond donors (Lipinski definition) is 0. The Hall–Kier alpha value is -1.11. The molecule has 21 heavy (non-hydrogen) atoms. The van der Waals surface area contributed by atoms with E-state index in [0.29, 0.717) is 18.1 Å². The van der Waals surface area contributed by atoms with Crippen LogP contribution >= 0.6 is 0 Å². The van der Waals surface area contributed by atoms with Crippen molar-refractivity contribution in [1.82, 2.24) is 0 Å². The number of hydrogen-bond acceptors (Lipinski definition) is 1. The van der Waals surface area contributed by atoms with E-state index in [1.54, 1.807) is 0 Å². The molecule has 0 radical (unpaired) electrons. The standard InChI is InChI=1S/C20H30O/c1-7-14(2)12-18(21)15-8-9-16-17(13-15)20(5,6)11-10-19(16,3)4/h8-9,13-14H,7,10-12H2,1-6H3. The molecule has 1 aromatic carbocycles. The van der Waals surface area contributed by atoms with Crippen LogP contribution in [0.15, 0.2) is 18.2 Å². The maximum absolute atomic E-state index is 12.5. The minimum Gasteiger partial charge on any atom is -0.294 e. The normalized spacial score (nSPS) is 20.7. The summed E-state index contributed by atoms with van der Waals surface area (Å²) in [6.07, 6.45) is 4.14. The molecule has 1 aliphatic rings. The predicted molar refractivity (Wildman–Crippen MR) is 90.1 cm³/mol. The molecule has 0 aliphatic heterocycles. The summed E-state index contributed by atoms with van der Waals surface area (Å²) >= 11 is 0. The molecule has 0 N–H and O–H groups in total. The van der Waals surface area contributed by atoms with Crippen molar-refractivity contribution in [2.24, 2.45) is 5.92 Å². The third-order valence-electron chi connectivity index (χ3n) is 5.41. The number of carbonyl (C=O) groups is 1. The van der Waals surface area contributed by atoms with Gasteiger partial charge in [0, 0.05) is 12.0 Å². The molecule has 0 spiro atoms. The molecule has 0 amide bonds. The van der Waals surface area contributed by atoms with Crippen molar-refractivity contribution in [3.63, 3.8) is 0 Å². The topological polar surface area (TPSA) is 17.1 Å². The van der Waals surface area contributed by atoms with Crippen molar-refractivity contribution < 1.29 is 4.79 Å². The average Bonchev–Trinajstić information content (AvgIpc) is 2.43. The summed E-state index contributed by atoms with van der Waals surface area (Å²) in [6, 6.07) is 6.44. The van der Waals surface area contributed by atoms with E-state index in [0.717, 1.165) is 12.0 Å². The van der Waals surface area contributed by atoms with Gasteiger partial charge in [0.25, 0.3) is 0 Å². The summed E-state index contributed by atoms with van der Waals surface area (Å²) < 4.78 is 0. The van der Waals surface area contributed by atoms with E-state index in [-0.39, 0.29) is 10.8 Å². The molecule has 1 aliphatic carbocycles. The molecule has 0 aromatic heterocycles. The van der Waals surface area contributed by atoms with Crippen molar-refractivity contribution in [3.05, 3.63) is 34.9 Å². The second-order valence-electron chi connectivity index (χ2n) is 8.17. The molecule has 1 unspecified atom stereocenters. The Kier molecular flexibility index (Phi) is 4.33. The van der Waals surface area contributed by atoms with Gasteiger partial charge in [-0.25, -0.2) is 0 Å². The van der Waals surface area contributed by atoms with Crippen LogP contribution in [0.3, 0.4) is 0 Å². The van der Waals surface area contributed by atoms with E-state index in [1.807, 2.05) is 6.07 Å². The van der Waals surface area contributed by atoms with Gasteiger partial charge >= 0.3 is 0 Å². The smallest absolute Gasteiger partial charge is 0.163 e. The largest absolute Gasteiger partial charge is 0.294 e. The van der Waals surface area contributed by atoms with Gasteiger partial charge in [-0.2, -0.15) is 0 Å². The van der Waals surface area contributed by atoms with Crippen LogP contribution in [0.4, 0.5) is 0 Å². The lowest BCUT2D eigenvalue weighted by molar-refractivity contribution is 0.0963. The first-order chi connectivity index (χ1) is 9.67. The van der Waals surface area contributed by atoms with Gasteiger partial charge in [0.2, 0.25) is 0 Å². The molecular formula is C20H30O. The molecule has 0 saturated heterocycles. The molecule has 1 heteroatoms. The van der Waals surface area contributed by atoms with E-state index in [9.17, 15) is 4.79 Å². The summed E-state index contributed by atoms with van der Waals surface area (Å²) in [5.74, 6) is 0.768. The lowest BCUT2D eigenvalue weighted by Gasteiger charge is -2.42. The predicted octanol–water partition coefficient (Wildman–Crippen LogP) is 5.65. The lowest BCUT2D eigenvalue weighted by atomic mass is 9.63. The van der Waals surface area contributed by atoms with Crippen molar-refractivity contribution >= 4 is 5.78 Å². The Bertz CT molecular complexity index is 537. The molecule has 0 saturated carbocycles. The summed E-state index contributed by atoms with van der Waals surface area (Å²) in [4.78, 5) is 12.5. The molecule has 1 aromatic rings. The maximum Gasteiger partial charge on any atom is 0.163 e. The van der Waals surface area contributed by atoms with Crippen LogP contribution in [0, 0.1) is 5.92 Å². The van der Waals surface area contributed by atoms with Gasteiger partial charge in [-0.15, -0.1) is 0 Å². The van der Waals surface area contributed by atoms with E-state index in [1.165, 1.54) is 24.0 Å². The number of carbonyl (C=O) groups excluding carboxylic acids is 1. The van der Waals surface area contributed by atoms with E-state index < -0.39 is 0 Å². The Morgan fingerprint density at radius 2 is 1.67 bits per heavy atom. The number of Topliss-reactive ketones (excluding diaryl/α,β-unsaturated/α-hetero) is 1. The highest BCUT2D eigenvalue weighted by Gasteiger charge is 2.37. The zero-order chi connectivity index (χ0) is 15.8. The van der Waals surface area contributed by atoms with E-state index in [4.69, 9.17) is 0 Å². The van der Waals surface area contributed by atoms with Crippen LogP contribution in [0.1, 0.15) is 88.7 Å². The minimum absolute atomic E-state index is 0.178. The summed E-state index contributed by atoms with van der Waals surface area (Å²) in [5, 5.41) is 0. The van der Waals surface area contributed by atoms with Gasteiger partial charge in [0.05, 0.1) is 0 Å². The maximum atomic E-state index is 12.5. The zero-order valence-electron chi connectivity index (χ0n) is 14.5. The van der Waals surface area contributed by atoms with Crippen LogP contribution in [-0.2, 0) is 10.8 Å². The van der Waals surface area contributed by atoms with E-state index >= 15 is 0 Å². The van der Waals surface area contributed by atoms with Gasteiger partial charge in [0.1, 0.15) is 0 Å².